The minimum atomic E-state index is 0.283. The van der Waals surface area contributed by atoms with Crippen LogP contribution in [0.4, 0.5) is 0 Å². The average Bonchev–Trinajstić information content (AvgIpc) is 2.42. The third-order valence-electron chi connectivity index (χ3n) is 4.02. The van der Waals surface area contributed by atoms with Crippen LogP contribution in [0.5, 0.6) is 5.75 Å². The normalized spacial score (nSPS) is 20.0. The predicted octanol–water partition coefficient (Wildman–Crippen LogP) is 2.77. The van der Waals surface area contributed by atoms with Crippen LogP contribution in [-0.4, -0.2) is 23.4 Å². The number of hydrogen-bond acceptors (Lipinski definition) is 3. The highest BCUT2D eigenvalue weighted by molar-refractivity contribution is 5.38. The van der Waals surface area contributed by atoms with Gasteiger partial charge in [-0.3, -0.25) is 0 Å². The number of fused-ring (bicyclic) bond motifs is 1. The summed E-state index contributed by atoms with van der Waals surface area (Å²) in [6, 6.07) is 6.16. The molecule has 1 aromatic rings. The number of aryl methyl sites for hydroxylation is 1. The summed E-state index contributed by atoms with van der Waals surface area (Å²) in [5.41, 5.74) is 2.63. The summed E-state index contributed by atoms with van der Waals surface area (Å²) in [4.78, 5) is 0. The lowest BCUT2D eigenvalue weighted by Gasteiger charge is -2.26. The second kappa shape index (κ2) is 6.92. The Morgan fingerprint density at radius 3 is 3.05 bits per heavy atom. The highest BCUT2D eigenvalue weighted by Gasteiger charge is 2.19. The van der Waals surface area contributed by atoms with Gasteiger partial charge in [-0.25, -0.2) is 0 Å². The Hall–Kier alpha value is -1.06. The second-order valence-electron chi connectivity index (χ2n) is 5.71. The van der Waals surface area contributed by atoms with Crippen LogP contribution in [-0.2, 0) is 6.42 Å². The van der Waals surface area contributed by atoms with E-state index in [0.29, 0.717) is 17.7 Å². The molecule has 19 heavy (non-hydrogen) atoms. The number of aliphatic hydroxyl groups excluding tert-OH is 1. The van der Waals surface area contributed by atoms with Crippen LogP contribution in [0.3, 0.4) is 0 Å². The molecule has 0 aliphatic heterocycles. The third kappa shape index (κ3) is 3.95. The predicted molar refractivity (Wildman–Crippen MR) is 77.3 cm³/mol. The first kappa shape index (κ1) is 14.4. The summed E-state index contributed by atoms with van der Waals surface area (Å²) in [5, 5.41) is 22.1. The smallest absolute Gasteiger partial charge is 0.115 e. The Balaban J connectivity index is 1.86. The van der Waals surface area contributed by atoms with Gasteiger partial charge in [-0.2, -0.15) is 0 Å². The highest BCUT2D eigenvalue weighted by Crippen LogP contribution is 2.31. The molecule has 0 spiro atoms. The van der Waals surface area contributed by atoms with Crippen molar-refractivity contribution in [3.63, 3.8) is 0 Å². The summed E-state index contributed by atoms with van der Waals surface area (Å²) in [6.07, 6.45) is 5.60. The summed E-state index contributed by atoms with van der Waals surface area (Å²) in [7, 11) is 0. The lowest BCUT2D eigenvalue weighted by molar-refractivity contribution is 0.227. The number of aromatic hydroxyl groups is 1. The number of benzene rings is 1. The first-order valence-electron chi connectivity index (χ1n) is 7.36. The van der Waals surface area contributed by atoms with Crippen molar-refractivity contribution in [3.05, 3.63) is 29.3 Å². The van der Waals surface area contributed by atoms with Crippen LogP contribution in [0.1, 0.15) is 49.8 Å². The Bertz CT molecular complexity index is 406. The zero-order chi connectivity index (χ0) is 13.7. The third-order valence-corrected chi connectivity index (χ3v) is 4.02. The summed E-state index contributed by atoms with van der Waals surface area (Å²) < 4.78 is 0. The van der Waals surface area contributed by atoms with E-state index in [0.717, 1.165) is 25.8 Å². The highest BCUT2D eigenvalue weighted by atomic mass is 16.3. The number of aliphatic hydroxyl groups is 1. The number of rotatable bonds is 6. The van der Waals surface area contributed by atoms with Crippen molar-refractivity contribution < 1.29 is 10.2 Å². The molecular weight excluding hydrogens is 238 g/mol. The van der Waals surface area contributed by atoms with Gasteiger partial charge in [-0.15, -0.1) is 0 Å². The van der Waals surface area contributed by atoms with Crippen LogP contribution in [0, 0.1) is 5.92 Å². The molecule has 0 saturated carbocycles. The molecule has 1 aromatic carbocycles. The molecule has 1 aliphatic rings. The van der Waals surface area contributed by atoms with E-state index in [4.69, 9.17) is 5.11 Å². The standard InChI is InChI=1S/C16H25NO2/c1-12(11-18)4-3-9-17-16-6-2-5-13-10-14(19)7-8-15(13)16/h7-8,10,12,16-19H,2-6,9,11H2,1H3. The number of nitrogens with one attached hydrogen (secondary N) is 1. The molecule has 0 fully saturated rings. The fourth-order valence-electron chi connectivity index (χ4n) is 2.83. The van der Waals surface area contributed by atoms with Crippen LogP contribution >= 0.6 is 0 Å². The van der Waals surface area contributed by atoms with Crippen molar-refractivity contribution in [2.75, 3.05) is 13.2 Å². The van der Waals surface area contributed by atoms with E-state index < -0.39 is 0 Å². The first-order chi connectivity index (χ1) is 9.20. The van der Waals surface area contributed by atoms with Gasteiger partial charge in [-0.05, 0) is 67.8 Å². The topological polar surface area (TPSA) is 52.5 Å². The molecule has 3 heteroatoms. The minimum absolute atomic E-state index is 0.283. The van der Waals surface area contributed by atoms with E-state index >= 15 is 0 Å². The fraction of sp³-hybridized carbons (Fsp3) is 0.625. The van der Waals surface area contributed by atoms with Gasteiger partial charge >= 0.3 is 0 Å². The molecular formula is C16H25NO2. The number of hydrogen-bond donors (Lipinski definition) is 3. The van der Waals surface area contributed by atoms with E-state index in [-0.39, 0.29) is 6.61 Å². The molecule has 1 aliphatic carbocycles. The van der Waals surface area contributed by atoms with Crippen molar-refractivity contribution in [1.82, 2.24) is 5.32 Å². The summed E-state index contributed by atoms with van der Waals surface area (Å²) >= 11 is 0. The van der Waals surface area contributed by atoms with Gasteiger partial charge in [0.25, 0.3) is 0 Å². The molecule has 3 nitrogen and oxygen atoms in total. The van der Waals surface area contributed by atoms with Crippen LogP contribution in [0.15, 0.2) is 18.2 Å². The van der Waals surface area contributed by atoms with Gasteiger partial charge in [0.1, 0.15) is 5.75 Å². The van der Waals surface area contributed by atoms with Crippen molar-refractivity contribution in [1.29, 1.82) is 0 Å². The quantitative estimate of drug-likeness (QED) is 0.692. The molecule has 2 unspecified atom stereocenters. The Morgan fingerprint density at radius 1 is 1.42 bits per heavy atom. The maximum Gasteiger partial charge on any atom is 0.115 e. The van der Waals surface area contributed by atoms with Crippen LogP contribution in [0.2, 0.25) is 0 Å². The molecule has 0 saturated heterocycles. The van der Waals surface area contributed by atoms with Gasteiger partial charge in [0.05, 0.1) is 0 Å². The Labute approximate surface area is 115 Å². The van der Waals surface area contributed by atoms with E-state index in [1.807, 2.05) is 6.07 Å². The zero-order valence-corrected chi connectivity index (χ0v) is 11.7. The Kier molecular flexibility index (Phi) is 5.23. The minimum Gasteiger partial charge on any atom is -0.508 e. The number of phenols is 1. The SMILES string of the molecule is CC(CO)CCCNC1CCCc2cc(O)ccc21. The van der Waals surface area contributed by atoms with Gasteiger partial charge < -0.3 is 15.5 Å². The van der Waals surface area contributed by atoms with Crippen molar-refractivity contribution in [2.45, 2.75) is 45.1 Å². The first-order valence-corrected chi connectivity index (χ1v) is 7.36. The van der Waals surface area contributed by atoms with Gasteiger partial charge in [-0.1, -0.05) is 13.0 Å². The maximum absolute atomic E-state index is 9.53. The van der Waals surface area contributed by atoms with Crippen molar-refractivity contribution in [3.8, 4) is 5.75 Å². The zero-order valence-electron chi connectivity index (χ0n) is 11.7. The molecule has 2 atom stereocenters. The molecule has 3 N–H and O–H groups in total. The maximum atomic E-state index is 9.53. The van der Waals surface area contributed by atoms with Crippen molar-refractivity contribution in [2.24, 2.45) is 5.92 Å². The molecule has 0 radical (unpaired) electrons. The van der Waals surface area contributed by atoms with Crippen molar-refractivity contribution >= 4 is 0 Å². The van der Waals surface area contributed by atoms with Crippen LogP contribution < -0.4 is 5.32 Å². The molecule has 0 amide bonds. The molecule has 0 aromatic heterocycles. The lowest BCUT2D eigenvalue weighted by Crippen LogP contribution is -2.26. The average molecular weight is 263 g/mol. The Morgan fingerprint density at radius 2 is 2.26 bits per heavy atom. The van der Waals surface area contributed by atoms with Crippen LogP contribution in [0.25, 0.3) is 0 Å². The largest absolute Gasteiger partial charge is 0.508 e. The molecule has 0 bridgehead atoms. The second-order valence-corrected chi connectivity index (χ2v) is 5.71. The van der Waals surface area contributed by atoms with E-state index in [2.05, 4.69) is 18.3 Å². The molecule has 2 rings (SSSR count). The van der Waals surface area contributed by atoms with Gasteiger partial charge in [0.2, 0.25) is 0 Å². The molecule has 0 heterocycles. The lowest BCUT2D eigenvalue weighted by atomic mass is 9.87. The molecule has 106 valence electrons. The monoisotopic (exact) mass is 263 g/mol. The van der Waals surface area contributed by atoms with Gasteiger partial charge in [0, 0.05) is 12.6 Å². The number of phenolic OH excluding ortho intramolecular Hbond substituents is 1. The summed E-state index contributed by atoms with van der Waals surface area (Å²) in [5.74, 6) is 0.772. The van der Waals surface area contributed by atoms with Gasteiger partial charge in [0.15, 0.2) is 0 Å². The van der Waals surface area contributed by atoms with E-state index in [1.54, 1.807) is 6.07 Å². The summed E-state index contributed by atoms with van der Waals surface area (Å²) in [6.45, 7) is 3.36. The van der Waals surface area contributed by atoms with E-state index in [1.165, 1.54) is 24.0 Å². The fourth-order valence-corrected chi connectivity index (χ4v) is 2.83. The van der Waals surface area contributed by atoms with E-state index in [9.17, 15) is 5.11 Å².